The SMILES string of the molecule is CCN(CC(=O)N(CC)c1ccccc1)c1cccc(C)c1. The van der Waals surface area contributed by atoms with Crippen LogP contribution < -0.4 is 9.80 Å². The van der Waals surface area contributed by atoms with Crippen molar-refractivity contribution in [2.45, 2.75) is 20.8 Å². The molecule has 0 atom stereocenters. The quantitative estimate of drug-likeness (QED) is 0.808. The van der Waals surface area contributed by atoms with Crippen LogP contribution in [0.2, 0.25) is 0 Å². The van der Waals surface area contributed by atoms with Crippen LogP contribution in [0, 0.1) is 6.92 Å². The summed E-state index contributed by atoms with van der Waals surface area (Å²) in [6.45, 7) is 8.03. The number of carbonyl (C=O) groups is 1. The molecule has 0 saturated heterocycles. The van der Waals surface area contributed by atoms with Crippen LogP contribution in [0.1, 0.15) is 19.4 Å². The molecule has 2 aromatic carbocycles. The van der Waals surface area contributed by atoms with Crippen molar-refractivity contribution < 1.29 is 4.79 Å². The van der Waals surface area contributed by atoms with Gasteiger partial charge >= 0.3 is 0 Å². The maximum absolute atomic E-state index is 12.7. The van der Waals surface area contributed by atoms with Gasteiger partial charge in [-0.15, -0.1) is 0 Å². The summed E-state index contributed by atoms with van der Waals surface area (Å²) in [4.78, 5) is 16.6. The first-order valence-corrected chi connectivity index (χ1v) is 7.82. The maximum atomic E-state index is 12.7. The Hall–Kier alpha value is -2.29. The summed E-state index contributed by atoms with van der Waals surface area (Å²) in [7, 11) is 0. The molecule has 0 heterocycles. The maximum Gasteiger partial charge on any atom is 0.246 e. The minimum atomic E-state index is 0.122. The van der Waals surface area contributed by atoms with E-state index in [-0.39, 0.29) is 5.91 Å². The van der Waals surface area contributed by atoms with Crippen LogP contribution >= 0.6 is 0 Å². The number of aryl methyl sites for hydroxylation is 1. The van der Waals surface area contributed by atoms with Crippen LogP contribution in [-0.2, 0) is 4.79 Å². The van der Waals surface area contributed by atoms with Gasteiger partial charge in [-0.3, -0.25) is 4.79 Å². The summed E-state index contributed by atoms with van der Waals surface area (Å²) in [5.41, 5.74) is 3.26. The number of hydrogen-bond donors (Lipinski definition) is 0. The molecule has 0 fully saturated rings. The van der Waals surface area contributed by atoms with Gasteiger partial charge in [-0.25, -0.2) is 0 Å². The zero-order valence-corrected chi connectivity index (χ0v) is 13.6. The number of carbonyl (C=O) groups excluding carboxylic acids is 1. The molecule has 0 spiro atoms. The van der Waals surface area contributed by atoms with Gasteiger partial charge in [0, 0.05) is 24.5 Å². The molecule has 3 heteroatoms. The Kier molecular flexibility index (Phi) is 5.59. The zero-order valence-electron chi connectivity index (χ0n) is 13.6. The summed E-state index contributed by atoms with van der Waals surface area (Å²) in [6, 6.07) is 18.1. The zero-order chi connectivity index (χ0) is 15.9. The van der Waals surface area contributed by atoms with Crippen molar-refractivity contribution in [2.24, 2.45) is 0 Å². The van der Waals surface area contributed by atoms with Gasteiger partial charge in [-0.05, 0) is 50.6 Å². The molecule has 0 aliphatic rings. The van der Waals surface area contributed by atoms with Crippen LogP contribution in [0.3, 0.4) is 0 Å². The van der Waals surface area contributed by atoms with Crippen molar-refractivity contribution >= 4 is 17.3 Å². The molecular weight excluding hydrogens is 272 g/mol. The molecule has 3 nitrogen and oxygen atoms in total. The number of benzene rings is 2. The normalized spacial score (nSPS) is 10.3. The molecule has 0 radical (unpaired) electrons. The number of likely N-dealkylation sites (N-methyl/N-ethyl adjacent to an activating group) is 2. The van der Waals surface area contributed by atoms with Gasteiger partial charge in [0.25, 0.3) is 0 Å². The van der Waals surface area contributed by atoms with Crippen LogP contribution in [0.5, 0.6) is 0 Å². The highest BCUT2D eigenvalue weighted by Gasteiger charge is 2.17. The summed E-state index contributed by atoms with van der Waals surface area (Å²) in [5.74, 6) is 0.122. The smallest absolute Gasteiger partial charge is 0.246 e. The minimum Gasteiger partial charge on any atom is -0.362 e. The fraction of sp³-hybridized carbons (Fsp3) is 0.316. The topological polar surface area (TPSA) is 23.6 Å². The Bertz CT molecular complexity index is 610. The van der Waals surface area contributed by atoms with Gasteiger partial charge < -0.3 is 9.80 Å². The van der Waals surface area contributed by atoms with Crippen molar-refractivity contribution in [2.75, 3.05) is 29.4 Å². The van der Waals surface area contributed by atoms with Gasteiger partial charge in [-0.2, -0.15) is 0 Å². The highest BCUT2D eigenvalue weighted by Crippen LogP contribution is 2.18. The van der Waals surface area contributed by atoms with Gasteiger partial charge in [0.2, 0.25) is 5.91 Å². The van der Waals surface area contributed by atoms with E-state index in [2.05, 4.69) is 36.9 Å². The standard InChI is InChI=1S/C19H24N2O/c1-4-20(18-13-9-10-16(3)14-18)15-19(22)21(5-2)17-11-7-6-8-12-17/h6-14H,4-5,15H2,1-3H3. The third-order valence-corrected chi connectivity index (χ3v) is 3.76. The number of nitrogens with zero attached hydrogens (tertiary/aromatic N) is 2. The largest absolute Gasteiger partial charge is 0.362 e. The van der Waals surface area contributed by atoms with Gasteiger partial charge in [0.05, 0.1) is 6.54 Å². The van der Waals surface area contributed by atoms with Crippen molar-refractivity contribution in [3.05, 3.63) is 60.2 Å². The van der Waals surface area contributed by atoms with Crippen LogP contribution in [0.15, 0.2) is 54.6 Å². The molecular formula is C19H24N2O. The van der Waals surface area contributed by atoms with E-state index in [1.54, 1.807) is 0 Å². The molecule has 0 saturated carbocycles. The van der Waals surface area contributed by atoms with Crippen LogP contribution in [-0.4, -0.2) is 25.5 Å². The Labute approximate surface area is 133 Å². The van der Waals surface area contributed by atoms with E-state index < -0.39 is 0 Å². The first-order chi connectivity index (χ1) is 10.7. The second kappa shape index (κ2) is 7.64. The Balaban J connectivity index is 2.14. The Morgan fingerprint density at radius 1 is 0.909 bits per heavy atom. The lowest BCUT2D eigenvalue weighted by molar-refractivity contribution is -0.117. The summed E-state index contributed by atoms with van der Waals surface area (Å²) in [6.07, 6.45) is 0. The van der Waals surface area contributed by atoms with Gasteiger partial charge in [0.15, 0.2) is 0 Å². The lowest BCUT2D eigenvalue weighted by Crippen LogP contribution is -2.40. The molecule has 0 N–H and O–H groups in total. The van der Waals surface area contributed by atoms with E-state index in [9.17, 15) is 4.79 Å². The number of amides is 1. The average Bonchev–Trinajstić information content (AvgIpc) is 2.54. The summed E-state index contributed by atoms with van der Waals surface area (Å²) in [5, 5.41) is 0. The van der Waals surface area contributed by atoms with Crippen LogP contribution in [0.4, 0.5) is 11.4 Å². The lowest BCUT2D eigenvalue weighted by Gasteiger charge is -2.27. The number of para-hydroxylation sites is 1. The molecule has 2 aromatic rings. The van der Waals surface area contributed by atoms with E-state index in [1.807, 2.05) is 48.2 Å². The molecule has 0 aliphatic heterocycles. The molecule has 0 unspecified atom stereocenters. The van der Waals surface area contributed by atoms with E-state index in [0.29, 0.717) is 13.1 Å². The fourth-order valence-corrected chi connectivity index (χ4v) is 2.57. The number of rotatable bonds is 6. The monoisotopic (exact) mass is 296 g/mol. The van der Waals surface area contributed by atoms with Gasteiger partial charge in [-0.1, -0.05) is 30.3 Å². The number of hydrogen-bond acceptors (Lipinski definition) is 2. The highest BCUT2D eigenvalue weighted by atomic mass is 16.2. The molecule has 0 aromatic heterocycles. The first-order valence-electron chi connectivity index (χ1n) is 7.82. The molecule has 0 aliphatic carbocycles. The first kappa shape index (κ1) is 16.1. The van der Waals surface area contributed by atoms with Gasteiger partial charge in [0.1, 0.15) is 0 Å². The third kappa shape index (κ3) is 3.88. The highest BCUT2D eigenvalue weighted by molar-refractivity contribution is 5.96. The summed E-state index contributed by atoms with van der Waals surface area (Å²) < 4.78 is 0. The van der Waals surface area contributed by atoms with Crippen molar-refractivity contribution in [3.63, 3.8) is 0 Å². The minimum absolute atomic E-state index is 0.122. The lowest BCUT2D eigenvalue weighted by atomic mass is 10.2. The molecule has 22 heavy (non-hydrogen) atoms. The molecule has 1 amide bonds. The van der Waals surface area contributed by atoms with Crippen molar-refractivity contribution in [3.8, 4) is 0 Å². The molecule has 2 rings (SSSR count). The van der Waals surface area contributed by atoms with Crippen molar-refractivity contribution in [1.82, 2.24) is 0 Å². The predicted octanol–water partition coefficient (Wildman–Crippen LogP) is 3.87. The van der Waals surface area contributed by atoms with E-state index in [4.69, 9.17) is 0 Å². The Morgan fingerprint density at radius 3 is 2.18 bits per heavy atom. The Morgan fingerprint density at radius 2 is 1.59 bits per heavy atom. The second-order valence-corrected chi connectivity index (χ2v) is 5.33. The second-order valence-electron chi connectivity index (χ2n) is 5.33. The predicted molar refractivity (Wildman–Crippen MR) is 93.5 cm³/mol. The molecule has 0 bridgehead atoms. The third-order valence-electron chi connectivity index (χ3n) is 3.76. The van der Waals surface area contributed by atoms with Crippen LogP contribution in [0.25, 0.3) is 0 Å². The fourth-order valence-electron chi connectivity index (χ4n) is 2.57. The van der Waals surface area contributed by atoms with Crippen molar-refractivity contribution in [1.29, 1.82) is 0 Å². The summed E-state index contributed by atoms with van der Waals surface area (Å²) >= 11 is 0. The molecule has 116 valence electrons. The van der Waals surface area contributed by atoms with E-state index in [1.165, 1.54) is 5.56 Å². The average molecular weight is 296 g/mol. The van der Waals surface area contributed by atoms with E-state index in [0.717, 1.165) is 17.9 Å². The number of anilines is 2. The van der Waals surface area contributed by atoms with E-state index >= 15 is 0 Å².